The second-order valence-corrected chi connectivity index (χ2v) is 9.67. The van der Waals surface area contributed by atoms with E-state index in [1.807, 2.05) is 0 Å². The van der Waals surface area contributed by atoms with Gasteiger partial charge in [-0.1, -0.05) is 0 Å². The fourth-order valence-electron chi connectivity index (χ4n) is 3.28. The van der Waals surface area contributed by atoms with Crippen LogP contribution in [-0.2, 0) is 9.71 Å². The average Bonchev–Trinajstić information content (AvgIpc) is 2.61. The summed E-state index contributed by atoms with van der Waals surface area (Å²) in [6.45, 7) is 11.2. The van der Waals surface area contributed by atoms with Crippen LogP contribution >= 0.6 is 0 Å². The zero-order chi connectivity index (χ0) is 13.6. The Hall–Kier alpha value is -0.0600. The van der Waals surface area contributed by atoms with E-state index in [2.05, 4.69) is 35.8 Å². The minimum absolute atomic E-state index is 0.282. The predicted octanol–water partition coefficient (Wildman–Crippen LogP) is 1.83. The van der Waals surface area contributed by atoms with Crippen LogP contribution in [0.25, 0.3) is 0 Å². The van der Waals surface area contributed by atoms with Crippen molar-refractivity contribution in [3.63, 3.8) is 0 Å². The van der Waals surface area contributed by atoms with Crippen molar-refractivity contribution in [1.29, 1.82) is 0 Å². The third-order valence-corrected chi connectivity index (χ3v) is 6.13. The maximum absolute atomic E-state index is 12.0. The van der Waals surface area contributed by atoms with Gasteiger partial charge in [0.05, 0.1) is 0 Å². The van der Waals surface area contributed by atoms with Crippen LogP contribution in [0.3, 0.4) is 0 Å². The molecule has 3 nitrogen and oxygen atoms in total. The monoisotopic (exact) mass is 272 g/mol. The topological polar surface area (TPSA) is 23.6 Å². The van der Waals surface area contributed by atoms with Gasteiger partial charge in [-0.3, -0.25) is 9.11 Å². The molecule has 0 aliphatic carbocycles. The van der Waals surface area contributed by atoms with E-state index in [1.165, 1.54) is 32.4 Å². The molecule has 2 rings (SSSR count). The zero-order valence-corrected chi connectivity index (χ0v) is 13.2. The molecule has 0 aromatic rings. The standard InChI is InChI=1S/C14H28N2OS/c1-13(2,3)15-9-6-14(7-10-15)8-11-16(12-14)18(4,5)17/h4,6-12H2,1-3,5H3. The molecule has 4 heteroatoms. The van der Waals surface area contributed by atoms with Gasteiger partial charge in [0.25, 0.3) is 0 Å². The lowest BCUT2D eigenvalue weighted by Crippen LogP contribution is -2.49. The summed E-state index contributed by atoms with van der Waals surface area (Å²) in [6, 6.07) is 0. The molecular weight excluding hydrogens is 244 g/mol. The Balaban J connectivity index is 1.98. The molecule has 0 amide bonds. The van der Waals surface area contributed by atoms with Crippen LogP contribution in [0.15, 0.2) is 0 Å². The van der Waals surface area contributed by atoms with Crippen LogP contribution in [0.5, 0.6) is 0 Å². The molecular formula is C14H28N2OS. The lowest BCUT2D eigenvalue weighted by molar-refractivity contribution is 0.0494. The van der Waals surface area contributed by atoms with E-state index in [4.69, 9.17) is 0 Å². The summed E-state index contributed by atoms with van der Waals surface area (Å²) >= 11 is 0. The second-order valence-electron chi connectivity index (χ2n) is 7.23. The minimum atomic E-state index is -2.00. The highest BCUT2D eigenvalue weighted by Crippen LogP contribution is 2.42. The first-order valence-corrected chi connectivity index (χ1v) is 9.04. The van der Waals surface area contributed by atoms with Crippen molar-refractivity contribution in [3.05, 3.63) is 0 Å². The van der Waals surface area contributed by atoms with Gasteiger partial charge in [0, 0.05) is 34.6 Å². The van der Waals surface area contributed by atoms with Gasteiger partial charge in [-0.05, 0) is 64.4 Å². The van der Waals surface area contributed by atoms with E-state index >= 15 is 0 Å². The Morgan fingerprint density at radius 1 is 1.11 bits per heavy atom. The summed E-state index contributed by atoms with van der Waals surface area (Å²) in [5.41, 5.74) is 0.697. The smallest absolute Gasteiger partial charge is 0.0245 e. The van der Waals surface area contributed by atoms with E-state index in [-0.39, 0.29) is 5.54 Å². The third kappa shape index (κ3) is 2.91. The van der Waals surface area contributed by atoms with E-state index in [0.717, 1.165) is 13.1 Å². The normalized spacial score (nSPS) is 29.6. The molecule has 0 aromatic heterocycles. The molecule has 2 heterocycles. The SMILES string of the molecule is C=S(C)(=O)N1CCC2(CCN(C(C)(C)C)CC2)C1. The molecule has 0 aromatic carbocycles. The van der Waals surface area contributed by atoms with Gasteiger partial charge in [0.1, 0.15) is 0 Å². The van der Waals surface area contributed by atoms with Crippen LogP contribution < -0.4 is 0 Å². The molecule has 2 aliphatic rings. The summed E-state index contributed by atoms with van der Waals surface area (Å²) in [5, 5.41) is 0. The van der Waals surface area contributed by atoms with E-state index in [0.29, 0.717) is 5.41 Å². The number of rotatable bonds is 1. The van der Waals surface area contributed by atoms with E-state index in [9.17, 15) is 4.21 Å². The Labute approximate surface area is 113 Å². The largest absolute Gasteiger partial charge is 0.298 e. The number of hydrogen-bond acceptors (Lipinski definition) is 2. The first kappa shape index (κ1) is 14.4. The highest BCUT2D eigenvalue weighted by atomic mass is 32.2. The molecule has 1 atom stereocenters. The van der Waals surface area contributed by atoms with E-state index < -0.39 is 9.71 Å². The lowest BCUT2D eigenvalue weighted by Gasteiger charge is -2.45. The molecule has 0 N–H and O–H groups in total. The third-order valence-electron chi connectivity index (χ3n) is 4.72. The number of piperidine rings is 1. The summed E-state index contributed by atoms with van der Waals surface area (Å²) in [6.07, 6.45) is 5.47. The van der Waals surface area contributed by atoms with Gasteiger partial charge in [-0.25, -0.2) is 4.31 Å². The predicted molar refractivity (Wildman–Crippen MR) is 80.4 cm³/mol. The highest BCUT2D eigenvalue weighted by Gasteiger charge is 2.43. The molecule has 0 radical (unpaired) electrons. The Morgan fingerprint density at radius 2 is 1.61 bits per heavy atom. The van der Waals surface area contributed by atoms with Crippen molar-refractivity contribution in [2.75, 3.05) is 32.4 Å². The number of likely N-dealkylation sites (tertiary alicyclic amines) is 1. The number of nitrogens with zero attached hydrogens (tertiary/aromatic N) is 2. The van der Waals surface area contributed by atoms with Crippen molar-refractivity contribution in [2.24, 2.45) is 5.41 Å². The van der Waals surface area contributed by atoms with Crippen LogP contribution in [0.1, 0.15) is 40.0 Å². The van der Waals surface area contributed by atoms with Crippen LogP contribution in [0.4, 0.5) is 0 Å². The van der Waals surface area contributed by atoms with Gasteiger partial charge >= 0.3 is 0 Å². The molecule has 106 valence electrons. The van der Waals surface area contributed by atoms with Crippen LogP contribution in [0.2, 0.25) is 0 Å². The quantitative estimate of drug-likeness (QED) is 0.680. The molecule has 0 bridgehead atoms. The molecule has 0 saturated carbocycles. The number of hydrogen-bond donors (Lipinski definition) is 0. The summed E-state index contributed by atoms with van der Waals surface area (Å²) in [5.74, 6) is 3.83. The maximum Gasteiger partial charge on any atom is 0.0245 e. The van der Waals surface area contributed by atoms with Gasteiger partial charge in [-0.2, -0.15) is 0 Å². The second kappa shape index (κ2) is 4.50. The van der Waals surface area contributed by atoms with Crippen molar-refractivity contribution >= 4 is 15.6 Å². The first-order valence-electron chi connectivity index (χ1n) is 6.95. The maximum atomic E-state index is 12.0. The van der Waals surface area contributed by atoms with Gasteiger partial charge in [0.15, 0.2) is 0 Å². The fraction of sp³-hybridized carbons (Fsp3) is 0.929. The molecule has 18 heavy (non-hydrogen) atoms. The van der Waals surface area contributed by atoms with Gasteiger partial charge in [-0.15, -0.1) is 0 Å². The first-order chi connectivity index (χ1) is 8.12. The van der Waals surface area contributed by atoms with Gasteiger partial charge < -0.3 is 0 Å². The van der Waals surface area contributed by atoms with Crippen LogP contribution in [-0.4, -0.2) is 57.3 Å². The molecule has 2 saturated heterocycles. The Bertz CT molecular complexity index is 400. The highest BCUT2D eigenvalue weighted by molar-refractivity contribution is 7.97. The average molecular weight is 272 g/mol. The van der Waals surface area contributed by atoms with Crippen molar-refractivity contribution in [1.82, 2.24) is 9.21 Å². The fourth-order valence-corrected chi connectivity index (χ4v) is 4.31. The summed E-state index contributed by atoms with van der Waals surface area (Å²) in [7, 11) is -2.00. The summed E-state index contributed by atoms with van der Waals surface area (Å²) in [4.78, 5) is 2.58. The molecule has 1 unspecified atom stereocenters. The van der Waals surface area contributed by atoms with Crippen molar-refractivity contribution in [2.45, 2.75) is 45.6 Å². The molecule has 2 aliphatic heterocycles. The Morgan fingerprint density at radius 3 is 2.00 bits per heavy atom. The lowest BCUT2D eigenvalue weighted by atomic mass is 9.77. The van der Waals surface area contributed by atoms with Crippen molar-refractivity contribution in [3.8, 4) is 0 Å². The Kier molecular flexibility index (Phi) is 3.58. The van der Waals surface area contributed by atoms with E-state index in [1.54, 1.807) is 6.26 Å². The van der Waals surface area contributed by atoms with Crippen molar-refractivity contribution < 1.29 is 4.21 Å². The zero-order valence-electron chi connectivity index (χ0n) is 12.4. The molecule has 2 fully saturated rings. The van der Waals surface area contributed by atoms with Crippen LogP contribution in [0, 0.1) is 5.41 Å². The minimum Gasteiger partial charge on any atom is -0.298 e. The van der Waals surface area contributed by atoms with Gasteiger partial charge in [0.2, 0.25) is 0 Å². The molecule has 1 spiro atoms. The summed E-state index contributed by atoms with van der Waals surface area (Å²) < 4.78 is 14.2.